The highest BCUT2D eigenvalue weighted by atomic mass is 16.7. The van der Waals surface area contributed by atoms with Crippen LogP contribution in [0, 0.1) is 0 Å². The van der Waals surface area contributed by atoms with Gasteiger partial charge in [-0.25, -0.2) is 0 Å². The molecule has 1 fully saturated rings. The maximum Gasteiger partial charge on any atom is 0.598 e. The first-order valence-electron chi connectivity index (χ1n) is 5.39. The maximum absolute atomic E-state index is 5.90. The Labute approximate surface area is 91.9 Å². The van der Waals surface area contributed by atoms with E-state index in [1.54, 1.807) is 0 Å². The lowest BCUT2D eigenvalue weighted by atomic mass is 9.90. The van der Waals surface area contributed by atoms with E-state index in [-0.39, 0.29) is 18.5 Å². The molecular weight excluding hydrogens is 189 g/mol. The molecule has 2 heterocycles. The number of rotatable bonds is 1. The summed E-state index contributed by atoms with van der Waals surface area (Å²) in [7, 11) is -0.303. The van der Waals surface area contributed by atoms with Gasteiger partial charge in [0.15, 0.2) is 0 Å². The molecule has 0 bridgehead atoms. The molecule has 15 heavy (non-hydrogen) atoms. The van der Waals surface area contributed by atoms with E-state index in [1.807, 2.05) is 17.2 Å². The van der Waals surface area contributed by atoms with Crippen LogP contribution in [0.3, 0.4) is 0 Å². The van der Waals surface area contributed by atoms with Crippen molar-refractivity contribution in [2.75, 3.05) is 0 Å². The average Bonchev–Trinajstić information content (AvgIpc) is 2.38. The van der Waals surface area contributed by atoms with E-state index in [0.29, 0.717) is 0 Å². The van der Waals surface area contributed by atoms with Crippen LogP contribution in [0.1, 0.15) is 34.1 Å². The zero-order valence-corrected chi connectivity index (χ0v) is 9.86. The first-order valence-corrected chi connectivity index (χ1v) is 5.39. The summed E-state index contributed by atoms with van der Waals surface area (Å²) < 4.78 is 11.8. The fourth-order valence-electron chi connectivity index (χ4n) is 1.57. The number of allylic oxidation sites excluding steroid dienone is 2. The molecule has 0 aromatic carbocycles. The van der Waals surface area contributed by atoms with E-state index < -0.39 is 0 Å². The molecule has 0 aromatic heterocycles. The van der Waals surface area contributed by atoms with Crippen molar-refractivity contribution in [1.29, 1.82) is 0 Å². The summed E-state index contributed by atoms with van der Waals surface area (Å²) in [4.78, 5) is 1.96. The van der Waals surface area contributed by atoms with E-state index in [0.717, 1.165) is 6.42 Å². The van der Waals surface area contributed by atoms with Gasteiger partial charge in [0.2, 0.25) is 0 Å². The number of hydrogen-bond acceptors (Lipinski definition) is 3. The quantitative estimate of drug-likeness (QED) is 0.616. The molecule has 0 unspecified atom stereocenters. The van der Waals surface area contributed by atoms with Crippen molar-refractivity contribution in [3.05, 3.63) is 24.6 Å². The van der Waals surface area contributed by atoms with Crippen LogP contribution in [0.15, 0.2) is 24.6 Å². The summed E-state index contributed by atoms with van der Waals surface area (Å²) in [6, 6.07) is 0. The third-order valence-electron chi connectivity index (χ3n) is 3.31. The lowest BCUT2D eigenvalue weighted by Crippen LogP contribution is -2.41. The highest BCUT2D eigenvalue weighted by Crippen LogP contribution is 2.37. The third-order valence-corrected chi connectivity index (χ3v) is 3.31. The minimum atomic E-state index is -0.303. The molecule has 2 rings (SSSR count). The van der Waals surface area contributed by atoms with E-state index in [1.165, 1.54) is 0 Å². The predicted molar refractivity (Wildman–Crippen MR) is 60.8 cm³/mol. The molecule has 3 nitrogen and oxygen atoms in total. The molecule has 2 aliphatic rings. The van der Waals surface area contributed by atoms with Gasteiger partial charge in [-0.3, -0.25) is 0 Å². The van der Waals surface area contributed by atoms with Crippen molar-refractivity contribution in [3.63, 3.8) is 0 Å². The third kappa shape index (κ3) is 1.84. The predicted octanol–water partition coefficient (Wildman–Crippen LogP) is 2.31. The van der Waals surface area contributed by atoms with Gasteiger partial charge >= 0.3 is 7.25 Å². The van der Waals surface area contributed by atoms with E-state index >= 15 is 0 Å². The molecule has 0 spiro atoms. The summed E-state index contributed by atoms with van der Waals surface area (Å²) in [6.45, 7) is 8.24. The van der Waals surface area contributed by atoms with Gasteiger partial charge in [-0.05, 0) is 46.5 Å². The largest absolute Gasteiger partial charge is 0.598 e. The molecule has 0 saturated carbocycles. The second-order valence-electron chi connectivity index (χ2n) is 5.02. The fourth-order valence-corrected chi connectivity index (χ4v) is 1.57. The highest BCUT2D eigenvalue weighted by molar-refractivity contribution is 6.43. The molecular formula is C11H18BNO2. The minimum absolute atomic E-state index is 0.267. The van der Waals surface area contributed by atoms with Gasteiger partial charge in [-0.15, -0.1) is 0 Å². The molecule has 0 radical (unpaired) electrons. The van der Waals surface area contributed by atoms with Crippen molar-refractivity contribution in [1.82, 2.24) is 4.81 Å². The number of hydrogen-bond donors (Lipinski definition) is 0. The van der Waals surface area contributed by atoms with Gasteiger partial charge in [0, 0.05) is 0 Å². The molecule has 82 valence electrons. The lowest BCUT2D eigenvalue weighted by molar-refractivity contribution is 0.00578. The van der Waals surface area contributed by atoms with Crippen molar-refractivity contribution in [2.45, 2.75) is 45.3 Å². The SMILES string of the molecule is CC1(C)OB(N2C=CCC=C2)OC1(C)C. The van der Waals surface area contributed by atoms with Crippen LogP contribution in [-0.2, 0) is 9.31 Å². The van der Waals surface area contributed by atoms with Crippen LogP contribution >= 0.6 is 0 Å². The normalized spacial score (nSPS) is 27.5. The first-order chi connectivity index (χ1) is 6.92. The van der Waals surface area contributed by atoms with Gasteiger partial charge in [0.25, 0.3) is 0 Å². The zero-order chi connectivity index (χ0) is 11.1. The Morgan fingerprint density at radius 1 is 1.00 bits per heavy atom. The summed E-state index contributed by atoms with van der Waals surface area (Å²) in [5.41, 5.74) is -0.534. The molecule has 2 aliphatic heterocycles. The molecule has 0 aliphatic carbocycles. The minimum Gasteiger partial charge on any atom is -0.384 e. The molecule has 0 atom stereocenters. The topological polar surface area (TPSA) is 21.7 Å². The van der Waals surface area contributed by atoms with Gasteiger partial charge < -0.3 is 14.1 Å². The fraction of sp³-hybridized carbons (Fsp3) is 0.636. The van der Waals surface area contributed by atoms with Crippen LogP contribution in [0.2, 0.25) is 0 Å². The van der Waals surface area contributed by atoms with Crippen LogP contribution in [0.25, 0.3) is 0 Å². The first kappa shape index (κ1) is 10.8. The zero-order valence-electron chi connectivity index (χ0n) is 9.86. The Balaban J connectivity index is 2.12. The molecule has 0 N–H and O–H groups in total. The van der Waals surface area contributed by atoms with Gasteiger partial charge in [-0.1, -0.05) is 12.2 Å². The smallest absolute Gasteiger partial charge is 0.384 e. The van der Waals surface area contributed by atoms with Crippen LogP contribution in [-0.4, -0.2) is 23.3 Å². The Bertz CT molecular complexity index is 282. The second kappa shape index (κ2) is 3.39. The Morgan fingerprint density at radius 3 is 1.93 bits per heavy atom. The van der Waals surface area contributed by atoms with E-state index in [9.17, 15) is 0 Å². The van der Waals surface area contributed by atoms with Crippen molar-refractivity contribution in [3.8, 4) is 0 Å². The van der Waals surface area contributed by atoms with Gasteiger partial charge in [-0.2, -0.15) is 0 Å². The Hall–Kier alpha value is -0.735. The van der Waals surface area contributed by atoms with Crippen LogP contribution < -0.4 is 0 Å². The van der Waals surface area contributed by atoms with E-state index in [4.69, 9.17) is 9.31 Å². The van der Waals surface area contributed by atoms with Crippen LogP contribution in [0.5, 0.6) is 0 Å². The van der Waals surface area contributed by atoms with Gasteiger partial charge in [0.1, 0.15) is 0 Å². The highest BCUT2D eigenvalue weighted by Gasteiger charge is 2.53. The Kier molecular flexibility index (Phi) is 2.43. The standard InChI is InChI=1S/C11H18BNO2/c1-10(2)11(3,4)15-12(14-10)13-8-6-5-7-9-13/h6-9H,5H2,1-4H3. The molecule has 4 heteroatoms. The summed E-state index contributed by atoms with van der Waals surface area (Å²) in [5.74, 6) is 0. The van der Waals surface area contributed by atoms with Crippen molar-refractivity contribution < 1.29 is 9.31 Å². The van der Waals surface area contributed by atoms with Gasteiger partial charge in [0.05, 0.1) is 11.2 Å². The summed E-state index contributed by atoms with van der Waals surface area (Å²) >= 11 is 0. The van der Waals surface area contributed by atoms with Crippen molar-refractivity contribution in [2.24, 2.45) is 0 Å². The molecule has 1 saturated heterocycles. The van der Waals surface area contributed by atoms with E-state index in [2.05, 4.69) is 39.8 Å². The lowest BCUT2D eigenvalue weighted by Gasteiger charge is -2.32. The monoisotopic (exact) mass is 207 g/mol. The molecule has 0 aromatic rings. The van der Waals surface area contributed by atoms with Crippen LogP contribution in [0.4, 0.5) is 0 Å². The second-order valence-corrected chi connectivity index (χ2v) is 5.02. The Morgan fingerprint density at radius 2 is 1.47 bits per heavy atom. The average molecular weight is 207 g/mol. The van der Waals surface area contributed by atoms with Crippen molar-refractivity contribution >= 4 is 7.25 Å². The summed E-state index contributed by atoms with van der Waals surface area (Å²) in [5, 5.41) is 0. The maximum atomic E-state index is 5.90. The molecule has 0 amide bonds. The number of nitrogens with zero attached hydrogens (tertiary/aromatic N) is 1. The summed E-state index contributed by atoms with van der Waals surface area (Å²) in [6.07, 6.45) is 9.16.